The van der Waals surface area contributed by atoms with Crippen molar-refractivity contribution < 1.29 is 9.52 Å². The van der Waals surface area contributed by atoms with Crippen molar-refractivity contribution in [2.75, 3.05) is 5.32 Å². The molecule has 3 nitrogen and oxygen atoms in total. The van der Waals surface area contributed by atoms with Crippen molar-refractivity contribution in [2.24, 2.45) is 0 Å². The van der Waals surface area contributed by atoms with Crippen molar-refractivity contribution in [1.29, 1.82) is 0 Å². The summed E-state index contributed by atoms with van der Waals surface area (Å²) in [4.78, 5) is 0. The maximum absolute atomic E-state index is 10.3. The molecule has 0 aliphatic carbocycles. The molecule has 106 valence electrons. The summed E-state index contributed by atoms with van der Waals surface area (Å²) in [7, 11) is 0. The first-order valence-corrected chi connectivity index (χ1v) is 7.28. The van der Waals surface area contributed by atoms with Crippen LogP contribution < -0.4 is 5.32 Å². The molecular formula is C18H17NO2. The second kappa shape index (κ2) is 4.93. The maximum atomic E-state index is 10.3. The largest absolute Gasteiger partial charge is 0.472 e. The van der Waals surface area contributed by atoms with Gasteiger partial charge in [-0.15, -0.1) is 0 Å². The summed E-state index contributed by atoms with van der Waals surface area (Å²) < 4.78 is 5.20. The molecule has 3 heteroatoms. The molecule has 2 heterocycles. The van der Waals surface area contributed by atoms with Crippen LogP contribution in [0.3, 0.4) is 0 Å². The van der Waals surface area contributed by atoms with Crippen molar-refractivity contribution >= 4 is 16.5 Å². The zero-order chi connectivity index (χ0) is 14.2. The van der Waals surface area contributed by atoms with E-state index in [4.69, 9.17) is 4.42 Å². The van der Waals surface area contributed by atoms with Gasteiger partial charge in [0.2, 0.25) is 0 Å². The molecule has 1 aliphatic heterocycles. The molecule has 1 aliphatic rings. The zero-order valence-corrected chi connectivity index (χ0v) is 11.6. The van der Waals surface area contributed by atoms with Crippen molar-refractivity contribution in [2.45, 2.75) is 25.0 Å². The molecule has 2 aromatic carbocycles. The fourth-order valence-corrected chi connectivity index (χ4v) is 3.19. The Labute approximate surface area is 123 Å². The summed E-state index contributed by atoms with van der Waals surface area (Å²) in [6.07, 6.45) is 4.45. The Bertz CT molecular complexity index is 764. The van der Waals surface area contributed by atoms with E-state index in [0.29, 0.717) is 12.8 Å². The van der Waals surface area contributed by atoms with E-state index in [9.17, 15) is 5.11 Å². The van der Waals surface area contributed by atoms with Crippen LogP contribution >= 0.6 is 0 Å². The Morgan fingerprint density at radius 1 is 1.10 bits per heavy atom. The standard InChI is InChI=1S/C18H17NO2/c20-15-9-13-6-5-12-3-1-2-4-16(12)18(13)19-17(10-15)14-7-8-21-11-14/h1-8,11,15,17,19-20H,9-10H2/t15-,17+/m1/s1. The van der Waals surface area contributed by atoms with Crippen LogP contribution in [0.4, 0.5) is 5.69 Å². The Kier molecular flexibility index (Phi) is 2.93. The van der Waals surface area contributed by atoms with Gasteiger partial charge in [-0.2, -0.15) is 0 Å². The van der Waals surface area contributed by atoms with Gasteiger partial charge in [-0.05, 0) is 23.4 Å². The van der Waals surface area contributed by atoms with Crippen LogP contribution in [0.15, 0.2) is 59.4 Å². The van der Waals surface area contributed by atoms with Crippen LogP contribution in [0, 0.1) is 0 Å². The molecule has 1 aromatic heterocycles. The highest BCUT2D eigenvalue weighted by Crippen LogP contribution is 2.36. The quantitative estimate of drug-likeness (QED) is 0.710. The third kappa shape index (κ3) is 2.20. The van der Waals surface area contributed by atoms with E-state index in [1.165, 1.54) is 16.3 Å². The van der Waals surface area contributed by atoms with Gasteiger partial charge in [-0.1, -0.05) is 36.4 Å². The summed E-state index contributed by atoms with van der Waals surface area (Å²) in [6.45, 7) is 0. The first-order chi connectivity index (χ1) is 10.3. The Balaban J connectivity index is 1.86. The van der Waals surface area contributed by atoms with Crippen molar-refractivity contribution in [3.05, 3.63) is 66.1 Å². The Morgan fingerprint density at radius 2 is 2.00 bits per heavy atom. The van der Waals surface area contributed by atoms with E-state index in [2.05, 4.69) is 35.6 Å². The normalized spacial score (nSPS) is 21.6. The van der Waals surface area contributed by atoms with Crippen LogP contribution in [-0.2, 0) is 6.42 Å². The predicted molar refractivity (Wildman–Crippen MR) is 83.3 cm³/mol. The molecule has 4 rings (SSSR count). The van der Waals surface area contributed by atoms with Gasteiger partial charge in [0.1, 0.15) is 0 Å². The predicted octanol–water partition coefficient (Wildman–Crippen LogP) is 3.89. The van der Waals surface area contributed by atoms with E-state index >= 15 is 0 Å². The Morgan fingerprint density at radius 3 is 2.86 bits per heavy atom. The summed E-state index contributed by atoms with van der Waals surface area (Å²) >= 11 is 0. The summed E-state index contributed by atoms with van der Waals surface area (Å²) in [5, 5.41) is 16.3. The number of benzene rings is 2. The van der Waals surface area contributed by atoms with Crippen molar-refractivity contribution in [1.82, 2.24) is 0 Å². The number of nitrogens with one attached hydrogen (secondary N) is 1. The molecule has 0 spiro atoms. The molecule has 21 heavy (non-hydrogen) atoms. The third-order valence-electron chi connectivity index (χ3n) is 4.24. The second-order valence-electron chi connectivity index (χ2n) is 5.67. The number of furan rings is 1. The number of hydrogen-bond donors (Lipinski definition) is 2. The van der Waals surface area contributed by atoms with Gasteiger partial charge in [0.25, 0.3) is 0 Å². The van der Waals surface area contributed by atoms with Crippen LogP contribution in [0.5, 0.6) is 0 Å². The maximum Gasteiger partial charge on any atom is 0.0955 e. The summed E-state index contributed by atoms with van der Waals surface area (Å²) in [6, 6.07) is 14.6. The topological polar surface area (TPSA) is 45.4 Å². The minimum Gasteiger partial charge on any atom is -0.472 e. The molecule has 0 saturated heterocycles. The van der Waals surface area contributed by atoms with Gasteiger partial charge in [0.05, 0.1) is 24.7 Å². The highest BCUT2D eigenvalue weighted by atomic mass is 16.3. The molecular weight excluding hydrogens is 262 g/mol. The van der Waals surface area contributed by atoms with E-state index in [1.54, 1.807) is 12.5 Å². The van der Waals surface area contributed by atoms with E-state index in [0.717, 1.165) is 11.3 Å². The van der Waals surface area contributed by atoms with Crippen LogP contribution in [-0.4, -0.2) is 11.2 Å². The number of aliphatic hydroxyl groups excluding tert-OH is 1. The average molecular weight is 279 g/mol. The summed E-state index contributed by atoms with van der Waals surface area (Å²) in [5.41, 5.74) is 3.39. The fraction of sp³-hybridized carbons (Fsp3) is 0.222. The van der Waals surface area contributed by atoms with Gasteiger partial charge >= 0.3 is 0 Å². The van der Waals surface area contributed by atoms with Gasteiger partial charge < -0.3 is 14.8 Å². The third-order valence-corrected chi connectivity index (χ3v) is 4.24. The number of rotatable bonds is 1. The van der Waals surface area contributed by atoms with Crippen molar-refractivity contribution in [3.8, 4) is 0 Å². The first-order valence-electron chi connectivity index (χ1n) is 7.28. The molecule has 0 radical (unpaired) electrons. The van der Waals surface area contributed by atoms with Gasteiger partial charge in [0, 0.05) is 23.1 Å². The lowest BCUT2D eigenvalue weighted by atomic mass is 10.00. The number of fused-ring (bicyclic) bond motifs is 3. The average Bonchev–Trinajstić information content (AvgIpc) is 2.97. The molecule has 0 amide bonds. The molecule has 0 saturated carbocycles. The van der Waals surface area contributed by atoms with E-state index < -0.39 is 0 Å². The molecule has 0 fully saturated rings. The van der Waals surface area contributed by atoms with Crippen molar-refractivity contribution in [3.63, 3.8) is 0 Å². The zero-order valence-electron chi connectivity index (χ0n) is 11.6. The second-order valence-corrected chi connectivity index (χ2v) is 5.67. The van der Waals surface area contributed by atoms with Gasteiger partial charge in [-0.25, -0.2) is 0 Å². The summed E-state index contributed by atoms with van der Waals surface area (Å²) in [5.74, 6) is 0. The monoisotopic (exact) mass is 279 g/mol. The molecule has 3 aromatic rings. The number of hydrogen-bond acceptors (Lipinski definition) is 3. The minimum atomic E-state index is -0.347. The van der Waals surface area contributed by atoms with E-state index in [1.807, 2.05) is 12.1 Å². The van der Waals surface area contributed by atoms with Crippen LogP contribution in [0.1, 0.15) is 23.6 Å². The highest BCUT2D eigenvalue weighted by molar-refractivity contribution is 5.95. The molecule has 2 atom stereocenters. The Hall–Kier alpha value is -2.26. The van der Waals surface area contributed by atoms with Gasteiger partial charge in [0.15, 0.2) is 0 Å². The minimum absolute atomic E-state index is 0.0748. The highest BCUT2D eigenvalue weighted by Gasteiger charge is 2.24. The van der Waals surface area contributed by atoms with Crippen LogP contribution in [0.25, 0.3) is 10.8 Å². The van der Waals surface area contributed by atoms with E-state index in [-0.39, 0.29) is 12.1 Å². The molecule has 0 bridgehead atoms. The first kappa shape index (κ1) is 12.5. The fourth-order valence-electron chi connectivity index (χ4n) is 3.19. The lowest BCUT2D eigenvalue weighted by molar-refractivity contribution is 0.161. The SMILES string of the molecule is O[C@@H]1Cc2ccc3ccccc3c2N[C@H](c2ccoc2)C1. The van der Waals surface area contributed by atoms with Crippen LogP contribution in [0.2, 0.25) is 0 Å². The molecule has 0 unspecified atom stereocenters. The lowest BCUT2D eigenvalue weighted by Crippen LogP contribution is -2.15. The molecule has 2 N–H and O–H groups in total. The lowest BCUT2D eigenvalue weighted by Gasteiger charge is -2.19. The smallest absolute Gasteiger partial charge is 0.0955 e. The number of anilines is 1. The number of aliphatic hydroxyl groups is 1. The van der Waals surface area contributed by atoms with Gasteiger partial charge in [-0.3, -0.25) is 0 Å².